The van der Waals surface area contributed by atoms with E-state index in [9.17, 15) is 14.9 Å². The van der Waals surface area contributed by atoms with Gasteiger partial charge in [-0.1, -0.05) is 12.1 Å². The second-order valence-corrected chi connectivity index (χ2v) is 5.48. The molecule has 6 heteroatoms. The van der Waals surface area contributed by atoms with E-state index in [4.69, 9.17) is 0 Å². The third-order valence-corrected chi connectivity index (χ3v) is 3.78. The molecule has 1 amide bonds. The molecule has 0 aliphatic carbocycles. The van der Waals surface area contributed by atoms with Gasteiger partial charge in [0.15, 0.2) is 0 Å². The van der Waals surface area contributed by atoms with E-state index in [0.29, 0.717) is 4.47 Å². The molecule has 0 spiro atoms. The molecule has 108 valence electrons. The maximum Gasteiger partial charge on any atom is 0.270 e. The minimum absolute atomic E-state index is 0.112. The lowest BCUT2D eigenvalue weighted by molar-refractivity contribution is -0.384. The molecule has 2 aromatic rings. The Morgan fingerprint density at radius 2 is 1.95 bits per heavy atom. The van der Waals surface area contributed by atoms with Crippen molar-refractivity contribution in [2.75, 3.05) is 11.9 Å². The van der Waals surface area contributed by atoms with Crippen LogP contribution in [0.4, 0.5) is 11.4 Å². The topological polar surface area (TPSA) is 63.5 Å². The van der Waals surface area contributed by atoms with Gasteiger partial charge in [0, 0.05) is 29.3 Å². The Labute approximate surface area is 130 Å². The van der Waals surface area contributed by atoms with Crippen molar-refractivity contribution in [3.05, 3.63) is 68.2 Å². The van der Waals surface area contributed by atoms with Crippen LogP contribution in [-0.2, 0) is 0 Å². The molecule has 0 heterocycles. The molecule has 0 radical (unpaired) electrons. The predicted molar refractivity (Wildman–Crippen MR) is 84.7 cm³/mol. The van der Waals surface area contributed by atoms with Crippen LogP contribution in [0.25, 0.3) is 0 Å². The zero-order chi connectivity index (χ0) is 15.6. The van der Waals surface area contributed by atoms with E-state index in [1.807, 2.05) is 31.2 Å². The van der Waals surface area contributed by atoms with E-state index in [-0.39, 0.29) is 17.2 Å². The van der Waals surface area contributed by atoms with Gasteiger partial charge < -0.3 is 4.90 Å². The molecule has 0 saturated carbocycles. The highest BCUT2D eigenvalue weighted by atomic mass is 79.9. The first-order valence-corrected chi connectivity index (χ1v) is 6.98. The maximum absolute atomic E-state index is 12.5. The van der Waals surface area contributed by atoms with Crippen LogP contribution in [0.15, 0.2) is 46.9 Å². The molecule has 0 N–H and O–H groups in total. The lowest BCUT2D eigenvalue weighted by atomic mass is 10.1. The quantitative estimate of drug-likeness (QED) is 0.623. The standard InChI is InChI=1S/C15H13BrN2O3/c1-10-4-3-5-11(8-10)17(2)15(19)13-9-12(18(20)21)6-7-14(13)16/h3-9H,1-2H3. The van der Waals surface area contributed by atoms with Crippen LogP contribution < -0.4 is 4.90 Å². The van der Waals surface area contributed by atoms with Crippen LogP contribution in [0.3, 0.4) is 0 Å². The minimum atomic E-state index is -0.518. The van der Waals surface area contributed by atoms with Gasteiger partial charge in [-0.15, -0.1) is 0 Å². The summed E-state index contributed by atoms with van der Waals surface area (Å²) in [6.07, 6.45) is 0. The predicted octanol–water partition coefficient (Wildman–Crippen LogP) is 3.94. The summed E-state index contributed by atoms with van der Waals surface area (Å²) >= 11 is 3.27. The van der Waals surface area contributed by atoms with Crippen molar-refractivity contribution in [2.45, 2.75) is 6.92 Å². The fraction of sp³-hybridized carbons (Fsp3) is 0.133. The Morgan fingerprint density at radius 1 is 1.24 bits per heavy atom. The molecule has 0 bridgehead atoms. The number of rotatable bonds is 3. The number of non-ortho nitro benzene ring substituents is 1. The van der Waals surface area contributed by atoms with E-state index < -0.39 is 4.92 Å². The second-order valence-electron chi connectivity index (χ2n) is 4.62. The van der Waals surface area contributed by atoms with Crippen molar-refractivity contribution < 1.29 is 9.72 Å². The van der Waals surface area contributed by atoms with Gasteiger partial charge in [-0.05, 0) is 46.6 Å². The Hall–Kier alpha value is -2.21. The monoisotopic (exact) mass is 348 g/mol. The molecule has 5 nitrogen and oxygen atoms in total. The van der Waals surface area contributed by atoms with Crippen LogP contribution in [0, 0.1) is 17.0 Å². The van der Waals surface area contributed by atoms with Crippen LogP contribution in [0.5, 0.6) is 0 Å². The fourth-order valence-corrected chi connectivity index (χ4v) is 2.34. The molecule has 0 saturated heterocycles. The number of aryl methyl sites for hydroxylation is 1. The van der Waals surface area contributed by atoms with Gasteiger partial charge in [0.25, 0.3) is 11.6 Å². The maximum atomic E-state index is 12.5. The van der Waals surface area contributed by atoms with Gasteiger partial charge in [-0.2, -0.15) is 0 Å². The number of hydrogen-bond acceptors (Lipinski definition) is 3. The number of amides is 1. The zero-order valence-corrected chi connectivity index (χ0v) is 13.1. The average molecular weight is 349 g/mol. The molecular weight excluding hydrogens is 336 g/mol. The fourth-order valence-electron chi connectivity index (χ4n) is 1.93. The van der Waals surface area contributed by atoms with Gasteiger partial charge in [0.05, 0.1) is 10.5 Å². The number of nitro groups is 1. The Bertz CT molecular complexity index is 716. The third-order valence-electron chi connectivity index (χ3n) is 3.08. The second kappa shape index (κ2) is 6.05. The summed E-state index contributed by atoms with van der Waals surface area (Å²) in [5, 5.41) is 10.8. The summed E-state index contributed by atoms with van der Waals surface area (Å²) in [5.41, 5.74) is 1.91. The highest BCUT2D eigenvalue weighted by Crippen LogP contribution is 2.25. The summed E-state index contributed by atoms with van der Waals surface area (Å²) < 4.78 is 0.526. The normalized spacial score (nSPS) is 10.2. The summed E-state index contributed by atoms with van der Waals surface area (Å²) in [6, 6.07) is 11.6. The van der Waals surface area contributed by atoms with Gasteiger partial charge in [-0.3, -0.25) is 14.9 Å². The number of anilines is 1. The van der Waals surface area contributed by atoms with E-state index in [1.54, 1.807) is 7.05 Å². The summed E-state index contributed by atoms with van der Waals surface area (Å²) in [6.45, 7) is 1.94. The van der Waals surface area contributed by atoms with E-state index in [1.165, 1.54) is 23.1 Å². The van der Waals surface area contributed by atoms with Crippen molar-refractivity contribution in [2.24, 2.45) is 0 Å². The van der Waals surface area contributed by atoms with E-state index in [0.717, 1.165) is 11.3 Å². The number of nitrogens with zero attached hydrogens (tertiary/aromatic N) is 2. The van der Waals surface area contributed by atoms with Crippen molar-refractivity contribution in [1.29, 1.82) is 0 Å². The third kappa shape index (κ3) is 3.28. The molecule has 0 aliphatic rings. The van der Waals surface area contributed by atoms with E-state index >= 15 is 0 Å². The Kier molecular flexibility index (Phi) is 4.37. The van der Waals surface area contributed by atoms with Crippen molar-refractivity contribution in [3.8, 4) is 0 Å². The lowest BCUT2D eigenvalue weighted by Gasteiger charge is -2.18. The van der Waals surface area contributed by atoms with Crippen molar-refractivity contribution >= 4 is 33.2 Å². The van der Waals surface area contributed by atoms with Crippen molar-refractivity contribution in [3.63, 3.8) is 0 Å². The van der Waals surface area contributed by atoms with Crippen LogP contribution in [0.1, 0.15) is 15.9 Å². The molecule has 2 rings (SSSR count). The number of halogens is 1. The number of benzene rings is 2. The first kappa shape index (κ1) is 15.2. The number of carbonyl (C=O) groups excluding carboxylic acids is 1. The number of nitro benzene ring substituents is 1. The molecule has 0 unspecified atom stereocenters. The molecule has 21 heavy (non-hydrogen) atoms. The van der Waals surface area contributed by atoms with Gasteiger partial charge in [0.1, 0.15) is 0 Å². The molecular formula is C15H13BrN2O3. The van der Waals surface area contributed by atoms with Crippen molar-refractivity contribution in [1.82, 2.24) is 0 Å². The smallest absolute Gasteiger partial charge is 0.270 e. The molecule has 0 aliphatic heterocycles. The molecule has 0 atom stereocenters. The summed E-state index contributed by atoms with van der Waals surface area (Å²) in [5.74, 6) is -0.309. The SMILES string of the molecule is Cc1cccc(N(C)C(=O)c2cc([N+](=O)[O-])ccc2Br)c1. The highest BCUT2D eigenvalue weighted by Gasteiger charge is 2.19. The first-order valence-electron chi connectivity index (χ1n) is 6.19. The molecule has 0 aromatic heterocycles. The summed E-state index contributed by atoms with van der Waals surface area (Å²) in [4.78, 5) is 24.3. The average Bonchev–Trinajstić information content (AvgIpc) is 2.46. The number of hydrogen-bond donors (Lipinski definition) is 0. The van der Waals surface area contributed by atoms with Gasteiger partial charge >= 0.3 is 0 Å². The molecule has 2 aromatic carbocycles. The van der Waals surface area contributed by atoms with Crippen LogP contribution in [0.2, 0.25) is 0 Å². The van der Waals surface area contributed by atoms with Crippen LogP contribution >= 0.6 is 15.9 Å². The lowest BCUT2D eigenvalue weighted by Crippen LogP contribution is -2.26. The van der Waals surface area contributed by atoms with Gasteiger partial charge in [-0.25, -0.2) is 0 Å². The van der Waals surface area contributed by atoms with Gasteiger partial charge in [0.2, 0.25) is 0 Å². The largest absolute Gasteiger partial charge is 0.311 e. The minimum Gasteiger partial charge on any atom is -0.311 e. The summed E-state index contributed by atoms with van der Waals surface area (Å²) in [7, 11) is 1.64. The van der Waals surface area contributed by atoms with Crippen LogP contribution in [-0.4, -0.2) is 17.9 Å². The zero-order valence-electron chi connectivity index (χ0n) is 11.5. The Morgan fingerprint density at radius 3 is 2.57 bits per heavy atom. The first-order chi connectivity index (χ1) is 9.90. The highest BCUT2D eigenvalue weighted by molar-refractivity contribution is 9.10. The Balaban J connectivity index is 2.39. The van der Waals surface area contributed by atoms with E-state index in [2.05, 4.69) is 15.9 Å². The molecule has 0 fully saturated rings. The number of carbonyl (C=O) groups is 1.